The van der Waals surface area contributed by atoms with Gasteiger partial charge in [-0.15, -0.1) is 0 Å². The zero-order chi connectivity index (χ0) is 12.8. The Labute approximate surface area is 106 Å². The molecule has 0 spiro atoms. The molecule has 1 N–H and O–H groups in total. The van der Waals surface area contributed by atoms with Crippen LogP contribution in [0.25, 0.3) is 0 Å². The van der Waals surface area contributed by atoms with Crippen LogP contribution in [0.5, 0.6) is 0 Å². The summed E-state index contributed by atoms with van der Waals surface area (Å²) >= 11 is 0. The maximum absolute atomic E-state index is 4.51. The van der Waals surface area contributed by atoms with Crippen LogP contribution in [0.3, 0.4) is 0 Å². The van der Waals surface area contributed by atoms with Gasteiger partial charge in [0.25, 0.3) is 0 Å². The van der Waals surface area contributed by atoms with E-state index in [1.54, 1.807) is 0 Å². The molecule has 0 saturated heterocycles. The molecule has 3 heteroatoms. The third kappa shape index (κ3) is 4.50. The van der Waals surface area contributed by atoms with Crippen LogP contribution in [-0.2, 0) is 19.5 Å². The molecule has 98 valence electrons. The summed E-state index contributed by atoms with van der Waals surface area (Å²) in [6, 6.07) is 0.527. The van der Waals surface area contributed by atoms with Gasteiger partial charge in [0.2, 0.25) is 0 Å². The lowest BCUT2D eigenvalue weighted by Gasteiger charge is -2.11. The van der Waals surface area contributed by atoms with E-state index >= 15 is 0 Å². The molecule has 1 aromatic rings. The molecule has 0 aliphatic rings. The highest BCUT2D eigenvalue weighted by Crippen LogP contribution is 2.12. The molecule has 17 heavy (non-hydrogen) atoms. The van der Waals surface area contributed by atoms with Gasteiger partial charge in [0, 0.05) is 30.4 Å². The first kappa shape index (κ1) is 14.2. The van der Waals surface area contributed by atoms with Crippen molar-refractivity contribution in [2.24, 2.45) is 5.92 Å². The molecule has 0 aromatic carbocycles. The summed E-state index contributed by atoms with van der Waals surface area (Å²) in [6.45, 7) is 13.1. The number of nitrogens with one attached hydrogen (secondary N) is 1. The Morgan fingerprint density at radius 2 is 2.00 bits per heavy atom. The predicted octanol–water partition coefficient (Wildman–Crippen LogP) is 2.99. The third-order valence-electron chi connectivity index (χ3n) is 2.99. The second kappa shape index (κ2) is 6.80. The first-order valence-corrected chi connectivity index (χ1v) is 6.81. The number of aromatic nitrogens is 2. The highest BCUT2D eigenvalue weighted by Gasteiger charge is 2.09. The third-order valence-corrected chi connectivity index (χ3v) is 2.99. The molecule has 1 rings (SSSR count). The zero-order valence-corrected chi connectivity index (χ0v) is 12.0. The van der Waals surface area contributed by atoms with E-state index in [0.29, 0.717) is 6.04 Å². The molecule has 0 radical (unpaired) electrons. The number of aryl methyl sites for hydroxylation is 1. The van der Waals surface area contributed by atoms with Crippen molar-refractivity contribution in [3.8, 4) is 0 Å². The maximum Gasteiger partial charge on any atom is 0.0537 e. The summed E-state index contributed by atoms with van der Waals surface area (Å²) in [6.07, 6.45) is 4.29. The van der Waals surface area contributed by atoms with E-state index in [1.807, 2.05) is 6.20 Å². The number of hydrogen-bond acceptors (Lipinski definition) is 2. The van der Waals surface area contributed by atoms with Crippen molar-refractivity contribution in [1.82, 2.24) is 15.1 Å². The van der Waals surface area contributed by atoms with E-state index < -0.39 is 0 Å². The summed E-state index contributed by atoms with van der Waals surface area (Å²) in [5, 5.41) is 7.97. The molecule has 0 unspecified atom stereocenters. The van der Waals surface area contributed by atoms with Crippen molar-refractivity contribution >= 4 is 0 Å². The van der Waals surface area contributed by atoms with Crippen LogP contribution in [0.2, 0.25) is 0 Å². The van der Waals surface area contributed by atoms with Gasteiger partial charge in [0.05, 0.1) is 6.20 Å². The molecule has 0 bridgehead atoms. The molecule has 3 nitrogen and oxygen atoms in total. The lowest BCUT2D eigenvalue weighted by Crippen LogP contribution is -2.22. The Morgan fingerprint density at radius 3 is 2.53 bits per heavy atom. The number of rotatable bonds is 7. The number of nitrogens with zero attached hydrogens (tertiary/aromatic N) is 2. The van der Waals surface area contributed by atoms with Crippen molar-refractivity contribution in [2.45, 2.75) is 66.6 Å². The van der Waals surface area contributed by atoms with Crippen LogP contribution in [0, 0.1) is 5.92 Å². The van der Waals surface area contributed by atoms with Crippen molar-refractivity contribution < 1.29 is 0 Å². The molecule has 0 fully saturated rings. The Balaban J connectivity index is 2.66. The summed E-state index contributed by atoms with van der Waals surface area (Å²) in [7, 11) is 0. The Kier molecular flexibility index (Phi) is 5.69. The fraction of sp³-hybridized carbons (Fsp3) is 0.786. The van der Waals surface area contributed by atoms with Gasteiger partial charge < -0.3 is 5.32 Å². The molecule has 0 amide bonds. The van der Waals surface area contributed by atoms with Crippen molar-refractivity contribution in [1.29, 1.82) is 0 Å². The average molecular weight is 237 g/mol. The number of hydrogen-bond donors (Lipinski definition) is 1. The minimum atomic E-state index is 0.527. The van der Waals surface area contributed by atoms with Crippen LogP contribution in [-0.4, -0.2) is 15.8 Å². The lowest BCUT2D eigenvalue weighted by molar-refractivity contribution is 0.475. The lowest BCUT2D eigenvalue weighted by atomic mass is 10.1. The van der Waals surface area contributed by atoms with Gasteiger partial charge in [0.1, 0.15) is 0 Å². The highest BCUT2D eigenvalue weighted by atomic mass is 15.3. The fourth-order valence-corrected chi connectivity index (χ4v) is 1.89. The average Bonchev–Trinajstić information content (AvgIpc) is 2.65. The summed E-state index contributed by atoms with van der Waals surface area (Å²) in [4.78, 5) is 0. The maximum atomic E-state index is 4.51. The fourth-order valence-electron chi connectivity index (χ4n) is 1.89. The van der Waals surface area contributed by atoms with Crippen LogP contribution < -0.4 is 5.32 Å². The second-order valence-electron chi connectivity index (χ2n) is 5.41. The first-order chi connectivity index (χ1) is 8.04. The molecule has 0 aliphatic heterocycles. The predicted molar refractivity (Wildman–Crippen MR) is 73.0 cm³/mol. The second-order valence-corrected chi connectivity index (χ2v) is 5.41. The summed E-state index contributed by atoms with van der Waals surface area (Å²) in [5.41, 5.74) is 2.74. The molecular weight excluding hydrogens is 210 g/mol. The zero-order valence-electron chi connectivity index (χ0n) is 12.0. The van der Waals surface area contributed by atoms with Crippen molar-refractivity contribution in [2.75, 3.05) is 0 Å². The van der Waals surface area contributed by atoms with Crippen LogP contribution in [0.15, 0.2) is 6.20 Å². The van der Waals surface area contributed by atoms with E-state index in [-0.39, 0.29) is 0 Å². The van der Waals surface area contributed by atoms with Gasteiger partial charge in [0.15, 0.2) is 0 Å². The first-order valence-electron chi connectivity index (χ1n) is 6.81. The summed E-state index contributed by atoms with van der Waals surface area (Å²) < 4.78 is 2.18. The van der Waals surface area contributed by atoms with Gasteiger partial charge in [-0.1, -0.05) is 34.6 Å². The quantitative estimate of drug-likeness (QED) is 0.790. The highest BCUT2D eigenvalue weighted by molar-refractivity contribution is 5.17. The topological polar surface area (TPSA) is 29.9 Å². The normalized spacial score (nSPS) is 11.7. The van der Waals surface area contributed by atoms with Crippen LogP contribution in [0.4, 0.5) is 0 Å². The largest absolute Gasteiger partial charge is 0.310 e. The van der Waals surface area contributed by atoms with E-state index in [4.69, 9.17) is 0 Å². The Bertz CT molecular complexity index is 297. The van der Waals surface area contributed by atoms with E-state index in [2.05, 4.69) is 49.7 Å². The van der Waals surface area contributed by atoms with E-state index in [9.17, 15) is 0 Å². The van der Waals surface area contributed by atoms with Gasteiger partial charge in [-0.25, -0.2) is 0 Å². The Hall–Kier alpha value is -0.830. The van der Waals surface area contributed by atoms with Gasteiger partial charge in [-0.05, 0) is 18.8 Å². The minimum Gasteiger partial charge on any atom is -0.310 e. The van der Waals surface area contributed by atoms with Gasteiger partial charge in [-0.3, -0.25) is 4.68 Å². The molecule has 1 aromatic heterocycles. The SMILES string of the molecule is CCc1c(CNC(C)C)cnn1CCC(C)C. The minimum absolute atomic E-state index is 0.527. The molecule has 0 saturated carbocycles. The van der Waals surface area contributed by atoms with Crippen molar-refractivity contribution in [3.63, 3.8) is 0 Å². The van der Waals surface area contributed by atoms with Gasteiger partial charge >= 0.3 is 0 Å². The molecule has 1 heterocycles. The van der Waals surface area contributed by atoms with Crippen molar-refractivity contribution in [3.05, 3.63) is 17.5 Å². The summed E-state index contributed by atoms with van der Waals surface area (Å²) in [5.74, 6) is 0.737. The molecular formula is C14H27N3. The van der Waals surface area contributed by atoms with Gasteiger partial charge in [-0.2, -0.15) is 5.10 Å². The molecule has 0 aliphatic carbocycles. The van der Waals surface area contributed by atoms with E-state index in [0.717, 1.165) is 25.4 Å². The van der Waals surface area contributed by atoms with Crippen LogP contribution >= 0.6 is 0 Å². The monoisotopic (exact) mass is 237 g/mol. The molecule has 0 atom stereocenters. The van der Waals surface area contributed by atoms with E-state index in [1.165, 1.54) is 17.7 Å². The standard InChI is InChI=1S/C14H27N3/c1-6-14-13(9-15-12(4)5)10-16-17(14)8-7-11(2)3/h10-12,15H,6-9H2,1-5H3. The van der Waals surface area contributed by atoms with Crippen LogP contribution in [0.1, 0.15) is 52.3 Å². The Morgan fingerprint density at radius 1 is 1.29 bits per heavy atom. The smallest absolute Gasteiger partial charge is 0.0537 e.